The Morgan fingerprint density at radius 1 is 1.12 bits per heavy atom. The van der Waals surface area contributed by atoms with Crippen LogP contribution in [0.15, 0.2) is 18.3 Å². The number of carboxylic acid groups (broad SMARTS) is 1. The number of rotatable bonds is 4. The van der Waals surface area contributed by atoms with Crippen LogP contribution in [0.1, 0.15) is 47.2 Å². The van der Waals surface area contributed by atoms with E-state index in [-0.39, 0.29) is 6.42 Å². The summed E-state index contributed by atoms with van der Waals surface area (Å²) in [6.45, 7) is 10.2. The van der Waals surface area contributed by atoms with Gasteiger partial charge in [-0.15, -0.1) is 0 Å². The van der Waals surface area contributed by atoms with Crippen LogP contribution >= 0.6 is 0 Å². The molecule has 0 spiro atoms. The van der Waals surface area contributed by atoms with E-state index in [4.69, 9.17) is 9.47 Å². The number of nitrogens with one attached hydrogen (secondary N) is 1. The number of carbonyl (C=O) groups excluding carboxylic acids is 2. The second kappa shape index (κ2) is 7.58. The summed E-state index contributed by atoms with van der Waals surface area (Å²) in [5, 5.41) is 11.6. The topological polar surface area (TPSA) is 107 Å². The Morgan fingerprint density at radius 2 is 1.68 bits per heavy atom. The Balaban J connectivity index is 2.87. The quantitative estimate of drug-likeness (QED) is 0.861. The van der Waals surface area contributed by atoms with Crippen LogP contribution in [-0.4, -0.2) is 45.1 Å². The largest absolute Gasteiger partial charge is 0.480 e. The van der Waals surface area contributed by atoms with E-state index in [2.05, 4.69) is 5.32 Å². The fraction of sp³-hybridized carbons (Fsp3) is 0.588. The zero-order chi connectivity index (χ0) is 19.4. The number of amides is 1. The number of nitrogens with zero attached hydrogens (tertiary/aromatic N) is 1. The summed E-state index contributed by atoms with van der Waals surface area (Å²) >= 11 is 0. The summed E-state index contributed by atoms with van der Waals surface area (Å²) in [5.41, 5.74) is -1.03. The highest BCUT2D eigenvalue weighted by Gasteiger charge is 2.26. The van der Waals surface area contributed by atoms with Crippen LogP contribution in [0.5, 0.6) is 0 Å². The number of carboxylic acids is 1. The highest BCUT2D eigenvalue weighted by atomic mass is 16.6. The highest BCUT2D eigenvalue weighted by Crippen LogP contribution is 2.13. The van der Waals surface area contributed by atoms with Gasteiger partial charge in [-0.3, -0.25) is 4.57 Å². The summed E-state index contributed by atoms with van der Waals surface area (Å²) in [7, 11) is 0. The van der Waals surface area contributed by atoms with Gasteiger partial charge in [-0.2, -0.15) is 0 Å². The maximum Gasteiger partial charge on any atom is 0.418 e. The van der Waals surface area contributed by atoms with Crippen LogP contribution in [0.3, 0.4) is 0 Å². The van der Waals surface area contributed by atoms with E-state index in [0.29, 0.717) is 5.69 Å². The number of aromatic nitrogens is 1. The van der Waals surface area contributed by atoms with E-state index in [1.807, 2.05) is 0 Å². The number of hydrogen-bond donors (Lipinski definition) is 2. The number of aliphatic carboxylic acids is 1. The molecule has 0 saturated carbocycles. The summed E-state index contributed by atoms with van der Waals surface area (Å²) < 4.78 is 11.6. The first-order chi connectivity index (χ1) is 11.3. The molecule has 1 aromatic heterocycles. The van der Waals surface area contributed by atoms with Gasteiger partial charge >= 0.3 is 18.2 Å². The first kappa shape index (κ1) is 20.5. The van der Waals surface area contributed by atoms with E-state index in [1.54, 1.807) is 53.7 Å². The minimum absolute atomic E-state index is 0.0964. The summed E-state index contributed by atoms with van der Waals surface area (Å²) in [6, 6.07) is 1.95. The van der Waals surface area contributed by atoms with Gasteiger partial charge in [0, 0.05) is 18.3 Å². The van der Waals surface area contributed by atoms with Crippen molar-refractivity contribution in [1.82, 2.24) is 9.88 Å². The normalized spacial score (nSPS) is 13.0. The van der Waals surface area contributed by atoms with Gasteiger partial charge in [0.1, 0.15) is 17.2 Å². The minimum Gasteiger partial charge on any atom is -0.480 e. The third-order valence-corrected chi connectivity index (χ3v) is 2.83. The molecule has 1 rings (SSSR count). The van der Waals surface area contributed by atoms with Gasteiger partial charge in [-0.05, 0) is 53.7 Å². The maximum absolute atomic E-state index is 12.2. The van der Waals surface area contributed by atoms with Gasteiger partial charge in [-0.1, -0.05) is 0 Å². The zero-order valence-electron chi connectivity index (χ0n) is 15.5. The van der Waals surface area contributed by atoms with Crippen LogP contribution < -0.4 is 5.32 Å². The Bertz CT molecular complexity index is 636. The lowest BCUT2D eigenvalue weighted by Gasteiger charge is -2.23. The van der Waals surface area contributed by atoms with E-state index >= 15 is 0 Å². The van der Waals surface area contributed by atoms with Gasteiger partial charge in [0.2, 0.25) is 0 Å². The molecular formula is C17H26N2O6. The second-order valence-corrected chi connectivity index (χ2v) is 7.59. The summed E-state index contributed by atoms with van der Waals surface area (Å²) in [5.74, 6) is -1.23. The second-order valence-electron chi connectivity index (χ2n) is 7.59. The van der Waals surface area contributed by atoms with Crippen molar-refractivity contribution in [1.29, 1.82) is 0 Å². The molecule has 1 amide bonds. The molecular weight excluding hydrogens is 328 g/mol. The first-order valence-corrected chi connectivity index (χ1v) is 7.90. The molecule has 0 fully saturated rings. The van der Waals surface area contributed by atoms with Crippen molar-refractivity contribution in [3.05, 3.63) is 24.0 Å². The van der Waals surface area contributed by atoms with Crippen molar-refractivity contribution in [2.45, 2.75) is 65.2 Å². The molecule has 1 atom stereocenters. The van der Waals surface area contributed by atoms with Gasteiger partial charge < -0.3 is 19.9 Å². The molecule has 0 aromatic carbocycles. The molecule has 0 radical (unpaired) electrons. The van der Waals surface area contributed by atoms with E-state index in [9.17, 15) is 19.5 Å². The molecule has 2 N–H and O–H groups in total. The molecule has 8 heteroatoms. The fourth-order valence-corrected chi connectivity index (χ4v) is 1.93. The van der Waals surface area contributed by atoms with E-state index in [1.165, 1.54) is 10.8 Å². The van der Waals surface area contributed by atoms with Crippen molar-refractivity contribution in [2.75, 3.05) is 0 Å². The van der Waals surface area contributed by atoms with Crippen LogP contribution in [0, 0.1) is 0 Å². The molecule has 0 aliphatic heterocycles. The monoisotopic (exact) mass is 354 g/mol. The van der Waals surface area contributed by atoms with Crippen LogP contribution in [0.4, 0.5) is 9.59 Å². The number of hydrogen-bond acceptors (Lipinski definition) is 5. The van der Waals surface area contributed by atoms with E-state index < -0.39 is 35.4 Å². The van der Waals surface area contributed by atoms with Crippen molar-refractivity contribution < 1.29 is 29.0 Å². The van der Waals surface area contributed by atoms with Crippen molar-refractivity contribution >= 4 is 18.2 Å². The predicted molar refractivity (Wildman–Crippen MR) is 90.6 cm³/mol. The van der Waals surface area contributed by atoms with E-state index in [0.717, 1.165) is 0 Å². The molecule has 8 nitrogen and oxygen atoms in total. The summed E-state index contributed by atoms with van der Waals surface area (Å²) in [4.78, 5) is 35.4. The predicted octanol–water partition coefficient (Wildman–Crippen LogP) is 2.79. The molecule has 0 unspecified atom stereocenters. The Labute approximate surface area is 147 Å². The lowest BCUT2D eigenvalue weighted by molar-refractivity contribution is -0.139. The average molecular weight is 354 g/mol. The Kier molecular flexibility index (Phi) is 6.23. The molecule has 0 bridgehead atoms. The third-order valence-electron chi connectivity index (χ3n) is 2.83. The standard InChI is InChI=1S/C17H26N2O6/c1-16(2,3)24-14(22)18-12(13(20)21)10-11-8-7-9-19(11)15(23)25-17(4,5)6/h7-9,12H,10H2,1-6H3,(H,18,22)(H,20,21)/t12-/m0/s1. The first-order valence-electron chi connectivity index (χ1n) is 7.90. The SMILES string of the molecule is CC(C)(C)OC(=O)N[C@@H](Cc1cccn1C(=O)OC(C)(C)C)C(=O)O. The average Bonchev–Trinajstić information content (AvgIpc) is 2.81. The molecule has 140 valence electrons. The van der Waals surface area contributed by atoms with Crippen LogP contribution in [0.2, 0.25) is 0 Å². The molecule has 25 heavy (non-hydrogen) atoms. The van der Waals surface area contributed by atoms with Gasteiger partial charge in [0.05, 0.1) is 0 Å². The van der Waals surface area contributed by atoms with Crippen molar-refractivity contribution in [3.63, 3.8) is 0 Å². The lowest BCUT2D eigenvalue weighted by atomic mass is 10.1. The smallest absolute Gasteiger partial charge is 0.418 e. The van der Waals surface area contributed by atoms with Gasteiger partial charge in [0.15, 0.2) is 0 Å². The highest BCUT2D eigenvalue weighted by molar-refractivity contribution is 5.80. The van der Waals surface area contributed by atoms with Crippen LogP contribution in [0.25, 0.3) is 0 Å². The molecule has 0 saturated heterocycles. The van der Waals surface area contributed by atoms with Crippen molar-refractivity contribution in [2.24, 2.45) is 0 Å². The Hall–Kier alpha value is -2.51. The molecule has 0 aliphatic carbocycles. The number of alkyl carbamates (subject to hydrolysis) is 1. The minimum atomic E-state index is -1.24. The Morgan fingerprint density at radius 3 is 2.16 bits per heavy atom. The third kappa shape index (κ3) is 7.28. The maximum atomic E-state index is 12.2. The van der Waals surface area contributed by atoms with Gasteiger partial charge in [0.25, 0.3) is 0 Å². The molecule has 1 aromatic rings. The van der Waals surface area contributed by atoms with Crippen LogP contribution in [-0.2, 0) is 20.7 Å². The summed E-state index contributed by atoms with van der Waals surface area (Å²) in [6.07, 6.45) is -0.0689. The lowest BCUT2D eigenvalue weighted by Crippen LogP contribution is -2.45. The van der Waals surface area contributed by atoms with Gasteiger partial charge in [-0.25, -0.2) is 14.4 Å². The van der Waals surface area contributed by atoms with Crippen molar-refractivity contribution in [3.8, 4) is 0 Å². The zero-order valence-corrected chi connectivity index (χ0v) is 15.5. The molecule has 1 heterocycles. The molecule has 0 aliphatic rings. The number of carbonyl (C=O) groups is 3. The fourth-order valence-electron chi connectivity index (χ4n) is 1.93. The number of ether oxygens (including phenoxy) is 2.